The van der Waals surface area contributed by atoms with Crippen LogP contribution in [0.5, 0.6) is 5.75 Å². The topological polar surface area (TPSA) is 98.8 Å². The molecule has 0 fully saturated rings. The molecule has 1 amide bonds. The van der Waals surface area contributed by atoms with Gasteiger partial charge in [-0.2, -0.15) is 5.10 Å². The predicted molar refractivity (Wildman–Crippen MR) is 110 cm³/mol. The first-order chi connectivity index (χ1) is 15.1. The molecule has 3 aromatic rings. The van der Waals surface area contributed by atoms with E-state index in [1.165, 1.54) is 54.7 Å². The molecule has 0 saturated carbocycles. The zero-order chi connectivity index (χ0) is 23.3. The largest absolute Gasteiger partial charge is 0.573 e. The van der Waals surface area contributed by atoms with Crippen LogP contribution in [0.2, 0.25) is 0 Å². The number of rotatable bonds is 7. The SMILES string of the molecule is C[C@@H](C(=O)N/N=C\c1cccn1-c1ccc(OC(F)(F)F)cc1)c1ccc([N+](=O)[O-])cc1. The van der Waals surface area contributed by atoms with E-state index in [1.807, 2.05) is 0 Å². The predicted octanol–water partition coefficient (Wildman–Crippen LogP) is 4.54. The van der Waals surface area contributed by atoms with Gasteiger partial charge in [-0.15, -0.1) is 13.2 Å². The summed E-state index contributed by atoms with van der Waals surface area (Å²) in [6.45, 7) is 1.64. The second-order valence-electron chi connectivity index (χ2n) is 6.65. The van der Waals surface area contributed by atoms with Gasteiger partial charge in [0.05, 0.1) is 22.7 Å². The normalized spacial score (nSPS) is 12.5. The number of benzene rings is 2. The Kier molecular flexibility index (Phi) is 6.57. The van der Waals surface area contributed by atoms with Crippen molar-refractivity contribution in [1.82, 2.24) is 9.99 Å². The lowest BCUT2D eigenvalue weighted by Crippen LogP contribution is -2.23. The van der Waals surface area contributed by atoms with E-state index in [-0.39, 0.29) is 11.4 Å². The minimum Gasteiger partial charge on any atom is -0.406 e. The van der Waals surface area contributed by atoms with Gasteiger partial charge in [0.25, 0.3) is 5.69 Å². The van der Waals surface area contributed by atoms with E-state index in [1.54, 1.807) is 29.8 Å². The van der Waals surface area contributed by atoms with Crippen molar-refractivity contribution in [2.45, 2.75) is 19.2 Å². The minimum absolute atomic E-state index is 0.0712. The summed E-state index contributed by atoms with van der Waals surface area (Å²) < 4.78 is 42.4. The van der Waals surface area contributed by atoms with Crippen molar-refractivity contribution in [2.24, 2.45) is 5.10 Å². The third-order valence-electron chi connectivity index (χ3n) is 4.50. The van der Waals surface area contributed by atoms with Crippen LogP contribution in [-0.4, -0.2) is 28.0 Å². The fourth-order valence-electron chi connectivity index (χ4n) is 2.84. The number of carbonyl (C=O) groups is 1. The van der Waals surface area contributed by atoms with Crippen LogP contribution in [0, 0.1) is 10.1 Å². The van der Waals surface area contributed by atoms with Crippen molar-refractivity contribution in [3.63, 3.8) is 0 Å². The van der Waals surface area contributed by atoms with E-state index >= 15 is 0 Å². The average Bonchev–Trinajstić information content (AvgIpc) is 3.21. The van der Waals surface area contributed by atoms with Crippen molar-refractivity contribution in [3.8, 4) is 11.4 Å². The van der Waals surface area contributed by atoms with Crippen LogP contribution in [-0.2, 0) is 4.79 Å². The molecule has 3 rings (SSSR count). The van der Waals surface area contributed by atoms with Gasteiger partial charge < -0.3 is 9.30 Å². The van der Waals surface area contributed by atoms with Crippen molar-refractivity contribution in [1.29, 1.82) is 0 Å². The number of alkyl halides is 3. The molecule has 0 saturated heterocycles. The molecule has 2 aromatic carbocycles. The molecule has 166 valence electrons. The Balaban J connectivity index is 1.65. The highest BCUT2D eigenvalue weighted by Gasteiger charge is 2.31. The van der Waals surface area contributed by atoms with Gasteiger partial charge in [-0.3, -0.25) is 14.9 Å². The number of ether oxygens (including phenoxy) is 1. The fourth-order valence-corrected chi connectivity index (χ4v) is 2.84. The van der Waals surface area contributed by atoms with Crippen LogP contribution < -0.4 is 10.2 Å². The van der Waals surface area contributed by atoms with Gasteiger partial charge in [0.2, 0.25) is 5.91 Å². The first-order valence-corrected chi connectivity index (χ1v) is 9.25. The summed E-state index contributed by atoms with van der Waals surface area (Å²) in [5.41, 5.74) is 4.06. The van der Waals surface area contributed by atoms with Crippen molar-refractivity contribution < 1.29 is 27.6 Å². The highest BCUT2D eigenvalue weighted by molar-refractivity contribution is 5.85. The van der Waals surface area contributed by atoms with E-state index in [0.717, 1.165) is 0 Å². The summed E-state index contributed by atoms with van der Waals surface area (Å²) in [5, 5.41) is 14.7. The molecule has 0 aliphatic rings. The number of amides is 1. The number of hydrogen-bond acceptors (Lipinski definition) is 5. The van der Waals surface area contributed by atoms with Crippen LogP contribution in [0.15, 0.2) is 72.0 Å². The maximum atomic E-state index is 12.3. The molecule has 0 bridgehead atoms. The standard InChI is InChI=1S/C21H17F3N4O4/c1-14(15-4-6-17(7-5-15)28(30)31)20(29)26-25-13-18-3-2-12-27(18)16-8-10-19(11-9-16)32-21(22,23)24/h2-14H,1H3,(H,26,29)/b25-13-/t14-/m1/s1. The quantitative estimate of drug-likeness (QED) is 0.327. The lowest BCUT2D eigenvalue weighted by atomic mass is 10.0. The van der Waals surface area contributed by atoms with Gasteiger partial charge >= 0.3 is 6.36 Å². The Labute approximate surface area is 180 Å². The molecule has 0 radical (unpaired) electrons. The Hall–Kier alpha value is -4.15. The Morgan fingerprint density at radius 1 is 1.16 bits per heavy atom. The van der Waals surface area contributed by atoms with Crippen molar-refractivity contribution in [3.05, 3.63) is 88.2 Å². The summed E-state index contributed by atoms with van der Waals surface area (Å²) >= 11 is 0. The van der Waals surface area contributed by atoms with Crippen molar-refractivity contribution >= 4 is 17.8 Å². The number of nitrogens with zero attached hydrogens (tertiary/aromatic N) is 3. The molecule has 1 atom stereocenters. The summed E-state index contributed by atoms with van der Waals surface area (Å²) in [4.78, 5) is 22.5. The number of nitrogens with one attached hydrogen (secondary N) is 1. The van der Waals surface area contributed by atoms with E-state index in [0.29, 0.717) is 16.9 Å². The molecule has 0 aliphatic carbocycles. The number of hydrazone groups is 1. The number of halogens is 3. The summed E-state index contributed by atoms with van der Waals surface area (Å²) in [5.74, 6) is -1.35. The third kappa shape index (κ3) is 5.72. The van der Waals surface area contributed by atoms with Gasteiger partial charge in [0.1, 0.15) is 5.75 Å². The van der Waals surface area contributed by atoms with Crippen LogP contribution in [0.4, 0.5) is 18.9 Å². The van der Waals surface area contributed by atoms with Gasteiger partial charge in [-0.05, 0) is 48.9 Å². The lowest BCUT2D eigenvalue weighted by Gasteiger charge is -2.11. The molecular weight excluding hydrogens is 429 g/mol. The van der Waals surface area contributed by atoms with Crippen LogP contribution in [0.3, 0.4) is 0 Å². The highest BCUT2D eigenvalue weighted by atomic mass is 19.4. The van der Waals surface area contributed by atoms with E-state index in [2.05, 4.69) is 15.3 Å². The van der Waals surface area contributed by atoms with Gasteiger partial charge in [0, 0.05) is 24.0 Å². The summed E-state index contributed by atoms with van der Waals surface area (Å²) in [7, 11) is 0. The minimum atomic E-state index is -4.77. The van der Waals surface area contributed by atoms with Crippen molar-refractivity contribution in [2.75, 3.05) is 0 Å². The number of aromatic nitrogens is 1. The monoisotopic (exact) mass is 446 g/mol. The fraction of sp³-hybridized carbons (Fsp3) is 0.143. The Morgan fingerprint density at radius 3 is 2.41 bits per heavy atom. The molecule has 0 spiro atoms. The summed E-state index contributed by atoms with van der Waals surface area (Å²) in [6, 6.07) is 14.3. The number of carbonyl (C=O) groups excluding carboxylic acids is 1. The zero-order valence-corrected chi connectivity index (χ0v) is 16.6. The highest BCUT2D eigenvalue weighted by Crippen LogP contribution is 2.24. The number of hydrogen-bond donors (Lipinski definition) is 1. The number of non-ortho nitro benzene ring substituents is 1. The lowest BCUT2D eigenvalue weighted by molar-refractivity contribution is -0.384. The average molecular weight is 446 g/mol. The van der Waals surface area contributed by atoms with Gasteiger partial charge in [-0.1, -0.05) is 12.1 Å². The molecule has 32 heavy (non-hydrogen) atoms. The number of nitro benzene ring substituents is 1. The molecular formula is C21H17F3N4O4. The van der Waals surface area contributed by atoms with Gasteiger partial charge in [-0.25, -0.2) is 5.43 Å². The van der Waals surface area contributed by atoms with Crippen LogP contribution in [0.1, 0.15) is 24.1 Å². The first kappa shape index (κ1) is 22.5. The van der Waals surface area contributed by atoms with E-state index < -0.39 is 23.1 Å². The molecule has 0 unspecified atom stereocenters. The molecule has 0 aliphatic heterocycles. The van der Waals surface area contributed by atoms with E-state index in [9.17, 15) is 28.1 Å². The third-order valence-corrected chi connectivity index (χ3v) is 4.50. The Morgan fingerprint density at radius 2 is 1.81 bits per heavy atom. The molecule has 1 aromatic heterocycles. The van der Waals surface area contributed by atoms with Crippen LogP contribution in [0.25, 0.3) is 5.69 Å². The molecule has 1 N–H and O–H groups in total. The second kappa shape index (κ2) is 9.33. The number of nitro groups is 1. The molecule has 1 heterocycles. The van der Waals surface area contributed by atoms with Gasteiger partial charge in [0.15, 0.2) is 0 Å². The smallest absolute Gasteiger partial charge is 0.406 e. The maximum absolute atomic E-state index is 12.3. The van der Waals surface area contributed by atoms with E-state index in [4.69, 9.17) is 0 Å². The maximum Gasteiger partial charge on any atom is 0.573 e. The van der Waals surface area contributed by atoms with Crippen LogP contribution >= 0.6 is 0 Å². The first-order valence-electron chi connectivity index (χ1n) is 9.25. The second-order valence-corrected chi connectivity index (χ2v) is 6.65. The Bertz CT molecular complexity index is 1120. The zero-order valence-electron chi connectivity index (χ0n) is 16.6. The molecule has 8 nitrogen and oxygen atoms in total. The summed E-state index contributed by atoms with van der Waals surface area (Å²) in [6.07, 6.45) is -1.69. The molecule has 11 heteroatoms.